The lowest BCUT2D eigenvalue weighted by atomic mass is 10.1. The summed E-state index contributed by atoms with van der Waals surface area (Å²) in [5, 5.41) is 4.27. The number of hydrogen-bond acceptors (Lipinski definition) is 3. The van der Waals surface area contributed by atoms with Gasteiger partial charge in [-0.25, -0.2) is 8.78 Å². The lowest BCUT2D eigenvalue weighted by Gasteiger charge is -2.09. The fourth-order valence-corrected chi connectivity index (χ4v) is 3.16. The van der Waals surface area contributed by atoms with E-state index in [1.165, 1.54) is 17.4 Å². The van der Waals surface area contributed by atoms with E-state index in [0.717, 1.165) is 34.6 Å². The molecule has 3 nitrogen and oxygen atoms in total. The second-order valence-electron chi connectivity index (χ2n) is 5.96. The third kappa shape index (κ3) is 4.26. The van der Waals surface area contributed by atoms with Crippen molar-refractivity contribution in [2.45, 2.75) is 20.5 Å². The van der Waals surface area contributed by atoms with Gasteiger partial charge in [0, 0.05) is 11.6 Å². The van der Waals surface area contributed by atoms with E-state index in [4.69, 9.17) is 4.74 Å². The molecule has 0 saturated carbocycles. The Morgan fingerprint density at radius 2 is 1.92 bits per heavy atom. The van der Waals surface area contributed by atoms with Gasteiger partial charge in [0.1, 0.15) is 24.0 Å². The number of amides is 1. The van der Waals surface area contributed by atoms with Crippen LogP contribution in [-0.2, 0) is 6.61 Å². The Hall–Kier alpha value is -2.73. The van der Waals surface area contributed by atoms with Gasteiger partial charge < -0.3 is 10.1 Å². The summed E-state index contributed by atoms with van der Waals surface area (Å²) in [6.45, 7) is 4.30. The molecule has 6 heteroatoms. The Morgan fingerprint density at radius 1 is 1.12 bits per heavy atom. The summed E-state index contributed by atoms with van der Waals surface area (Å²) < 4.78 is 32.4. The molecule has 0 aliphatic heterocycles. The molecule has 1 aromatic heterocycles. The molecule has 1 N–H and O–H groups in total. The predicted octanol–water partition coefficient (Wildman–Crippen LogP) is 5.47. The van der Waals surface area contributed by atoms with Crippen molar-refractivity contribution in [2.75, 3.05) is 5.32 Å². The van der Waals surface area contributed by atoms with Crippen molar-refractivity contribution in [3.8, 4) is 5.75 Å². The summed E-state index contributed by atoms with van der Waals surface area (Å²) in [6, 6.07) is 10.7. The van der Waals surface area contributed by atoms with Gasteiger partial charge in [0.15, 0.2) is 0 Å². The maximum Gasteiger partial charge on any atom is 0.265 e. The fourth-order valence-electron chi connectivity index (χ4n) is 2.37. The molecule has 3 aromatic rings. The molecule has 0 bridgehead atoms. The zero-order chi connectivity index (χ0) is 18.7. The van der Waals surface area contributed by atoms with Gasteiger partial charge in [-0.15, -0.1) is 11.3 Å². The maximum atomic E-state index is 13.6. The first-order valence-electron chi connectivity index (χ1n) is 7.96. The summed E-state index contributed by atoms with van der Waals surface area (Å²) in [4.78, 5) is 12.7. The molecule has 134 valence electrons. The smallest absolute Gasteiger partial charge is 0.265 e. The van der Waals surface area contributed by atoms with Crippen molar-refractivity contribution in [3.05, 3.63) is 81.0 Å². The number of carbonyl (C=O) groups is 1. The summed E-state index contributed by atoms with van der Waals surface area (Å²) in [5.74, 6) is -1.15. The average molecular weight is 373 g/mol. The zero-order valence-corrected chi connectivity index (χ0v) is 15.1. The van der Waals surface area contributed by atoms with E-state index in [1.807, 2.05) is 37.4 Å². The molecule has 26 heavy (non-hydrogen) atoms. The van der Waals surface area contributed by atoms with Crippen molar-refractivity contribution in [1.82, 2.24) is 0 Å². The molecule has 0 unspecified atom stereocenters. The molecule has 0 spiro atoms. The van der Waals surface area contributed by atoms with Crippen LogP contribution in [0.4, 0.5) is 14.5 Å². The minimum atomic E-state index is -0.812. The van der Waals surface area contributed by atoms with Crippen LogP contribution in [0.15, 0.2) is 47.8 Å². The molecule has 0 saturated heterocycles. The lowest BCUT2D eigenvalue weighted by molar-refractivity contribution is 0.103. The van der Waals surface area contributed by atoms with Crippen LogP contribution in [0.3, 0.4) is 0 Å². The monoisotopic (exact) mass is 373 g/mol. The number of anilines is 1. The topological polar surface area (TPSA) is 38.3 Å². The Labute approximate surface area is 154 Å². The molecular formula is C20H17F2NO2S. The van der Waals surface area contributed by atoms with Gasteiger partial charge >= 0.3 is 0 Å². The summed E-state index contributed by atoms with van der Waals surface area (Å²) in [6.07, 6.45) is 0. The minimum absolute atomic E-state index is 0.0574. The molecule has 3 rings (SSSR count). The number of nitrogens with one attached hydrogen (secondary N) is 1. The van der Waals surface area contributed by atoms with Crippen LogP contribution in [0.5, 0.6) is 5.75 Å². The Morgan fingerprint density at radius 3 is 2.69 bits per heavy atom. The molecule has 0 aliphatic carbocycles. The Balaban J connectivity index is 1.65. The maximum absolute atomic E-state index is 13.6. The van der Waals surface area contributed by atoms with Gasteiger partial charge in [0.25, 0.3) is 5.91 Å². The fraction of sp³-hybridized carbons (Fsp3) is 0.150. The van der Waals surface area contributed by atoms with Crippen molar-refractivity contribution in [3.63, 3.8) is 0 Å². The van der Waals surface area contributed by atoms with Gasteiger partial charge in [-0.3, -0.25) is 4.79 Å². The zero-order valence-electron chi connectivity index (χ0n) is 14.3. The number of aryl methyl sites for hydroxylation is 2. The Bertz CT molecular complexity index is 953. The number of thiophene rings is 1. The number of ether oxygens (including phenoxy) is 1. The largest absolute Gasteiger partial charge is 0.489 e. The molecule has 2 aromatic carbocycles. The van der Waals surface area contributed by atoms with Gasteiger partial charge in [-0.05, 0) is 54.6 Å². The molecule has 1 heterocycles. The molecule has 0 fully saturated rings. The van der Waals surface area contributed by atoms with Crippen molar-refractivity contribution < 1.29 is 18.3 Å². The first-order chi connectivity index (χ1) is 12.4. The Kier molecular flexibility index (Phi) is 5.32. The molecule has 0 aliphatic rings. The van der Waals surface area contributed by atoms with E-state index in [-0.39, 0.29) is 5.69 Å². The molecule has 0 atom stereocenters. The van der Waals surface area contributed by atoms with Crippen molar-refractivity contribution in [2.24, 2.45) is 0 Å². The third-order valence-corrected chi connectivity index (χ3v) is 4.77. The number of halogens is 2. The third-order valence-electron chi connectivity index (χ3n) is 3.79. The summed E-state index contributed by atoms with van der Waals surface area (Å²) in [7, 11) is 0. The first kappa shape index (κ1) is 18.1. The highest BCUT2D eigenvalue weighted by atomic mass is 32.1. The van der Waals surface area contributed by atoms with Gasteiger partial charge in [0.2, 0.25) is 0 Å². The van der Waals surface area contributed by atoms with E-state index in [1.54, 1.807) is 6.07 Å². The molecule has 0 radical (unpaired) electrons. The van der Waals surface area contributed by atoms with E-state index < -0.39 is 17.5 Å². The molecule has 1 amide bonds. The second kappa shape index (κ2) is 7.66. The van der Waals surface area contributed by atoms with Crippen LogP contribution < -0.4 is 10.1 Å². The van der Waals surface area contributed by atoms with Gasteiger partial charge in [-0.1, -0.05) is 12.1 Å². The van der Waals surface area contributed by atoms with Crippen LogP contribution in [0.1, 0.15) is 26.4 Å². The van der Waals surface area contributed by atoms with E-state index in [0.29, 0.717) is 11.5 Å². The first-order valence-corrected chi connectivity index (χ1v) is 8.84. The SMILES string of the molecule is Cc1ccc(C)c(OCc2csc(C(=O)Nc3ccc(F)cc3F)c2)c1. The number of benzene rings is 2. The van der Waals surface area contributed by atoms with Crippen LogP contribution in [0.2, 0.25) is 0 Å². The normalized spacial score (nSPS) is 10.6. The van der Waals surface area contributed by atoms with Crippen molar-refractivity contribution in [1.29, 1.82) is 0 Å². The van der Waals surface area contributed by atoms with E-state index in [2.05, 4.69) is 5.32 Å². The standard InChI is InChI=1S/C20H17F2NO2S/c1-12-3-4-13(2)18(7-12)25-10-14-8-19(26-11-14)20(24)23-17-6-5-15(21)9-16(17)22/h3-9,11H,10H2,1-2H3,(H,23,24). The van der Waals surface area contributed by atoms with Crippen LogP contribution in [0, 0.1) is 25.5 Å². The van der Waals surface area contributed by atoms with Gasteiger partial charge in [-0.2, -0.15) is 0 Å². The molecular weight excluding hydrogens is 356 g/mol. The van der Waals surface area contributed by atoms with Crippen molar-refractivity contribution >= 4 is 22.9 Å². The highest BCUT2D eigenvalue weighted by Gasteiger charge is 2.13. The average Bonchev–Trinajstić information content (AvgIpc) is 3.07. The van der Waals surface area contributed by atoms with Crippen LogP contribution >= 0.6 is 11.3 Å². The highest BCUT2D eigenvalue weighted by molar-refractivity contribution is 7.12. The van der Waals surface area contributed by atoms with Gasteiger partial charge in [0.05, 0.1) is 10.6 Å². The van der Waals surface area contributed by atoms with E-state index >= 15 is 0 Å². The predicted molar refractivity (Wildman–Crippen MR) is 98.9 cm³/mol. The minimum Gasteiger partial charge on any atom is -0.489 e. The summed E-state index contributed by atoms with van der Waals surface area (Å²) in [5.41, 5.74) is 2.94. The lowest BCUT2D eigenvalue weighted by Crippen LogP contribution is -2.11. The number of carbonyl (C=O) groups excluding carboxylic acids is 1. The highest BCUT2D eigenvalue weighted by Crippen LogP contribution is 2.23. The number of hydrogen-bond donors (Lipinski definition) is 1. The number of rotatable bonds is 5. The van der Waals surface area contributed by atoms with Crippen LogP contribution in [0.25, 0.3) is 0 Å². The van der Waals surface area contributed by atoms with Crippen LogP contribution in [-0.4, -0.2) is 5.91 Å². The summed E-state index contributed by atoms with van der Waals surface area (Å²) >= 11 is 1.24. The second-order valence-corrected chi connectivity index (χ2v) is 6.87. The quantitative estimate of drug-likeness (QED) is 0.644. The van der Waals surface area contributed by atoms with E-state index in [9.17, 15) is 13.6 Å².